The quantitative estimate of drug-likeness (QED) is 0.298. The van der Waals surface area contributed by atoms with E-state index in [1.165, 1.54) is 70.6 Å². The van der Waals surface area contributed by atoms with Crippen LogP contribution in [0.2, 0.25) is 0 Å². The number of carbonyl (C=O) groups excluding carboxylic acids is 1. The van der Waals surface area contributed by atoms with E-state index in [2.05, 4.69) is 5.32 Å². The van der Waals surface area contributed by atoms with Crippen molar-refractivity contribution in [3.63, 3.8) is 0 Å². The number of benzene rings is 1. The van der Waals surface area contributed by atoms with Crippen LogP contribution in [-0.2, 0) is 11.2 Å². The van der Waals surface area contributed by atoms with Crippen LogP contribution in [0.5, 0.6) is 0 Å². The third kappa shape index (κ3) is 5.42. The molecule has 6 heteroatoms. The number of fused-ring (bicyclic) bond motifs is 1. The molecule has 2 unspecified atom stereocenters. The molecule has 216 valence electrons. The molecule has 2 aromatic heterocycles. The highest BCUT2D eigenvalue weighted by molar-refractivity contribution is 5.93. The molecule has 1 aromatic carbocycles. The van der Waals surface area contributed by atoms with Crippen LogP contribution in [0.15, 0.2) is 54.7 Å². The molecular weight excluding hydrogens is 510 g/mol. The predicted octanol–water partition coefficient (Wildman–Crippen LogP) is 7.03. The summed E-state index contributed by atoms with van der Waals surface area (Å²) in [7, 11) is 0. The zero-order chi connectivity index (χ0) is 28.0. The van der Waals surface area contributed by atoms with E-state index in [1.807, 2.05) is 48.5 Å². The van der Waals surface area contributed by atoms with E-state index in [0.29, 0.717) is 34.8 Å². The fraction of sp³-hybridized carbons (Fsp3) is 0.571. The smallest absolute Gasteiger partial charge is 0.312 e. The van der Waals surface area contributed by atoms with Gasteiger partial charge in [0, 0.05) is 12.2 Å². The number of carbonyl (C=O) groups is 2. The van der Waals surface area contributed by atoms with Crippen LogP contribution < -0.4 is 5.32 Å². The molecule has 0 spiro atoms. The van der Waals surface area contributed by atoms with Crippen molar-refractivity contribution < 1.29 is 14.7 Å². The second kappa shape index (κ2) is 10.9. The van der Waals surface area contributed by atoms with Crippen molar-refractivity contribution in [2.75, 3.05) is 0 Å². The molecule has 0 saturated heterocycles. The van der Waals surface area contributed by atoms with Crippen LogP contribution in [0.3, 0.4) is 0 Å². The molecule has 3 aromatic rings. The van der Waals surface area contributed by atoms with Crippen LogP contribution in [-0.4, -0.2) is 32.4 Å². The molecule has 6 nitrogen and oxygen atoms in total. The second-order valence-electron chi connectivity index (χ2n) is 14.0. The standard InChI is InChI=1S/C35H43N3O3/c39-33(31-12-7-13-32-36-30(22-38(31)32)28(34(40)41)17-23-8-3-1-4-9-23)37-29(27-10-5-2-6-11-27)21-35-18-24-14-25(19-35)16-26(15-24)20-35/h1,3-4,7-9,12-13,22,24-29H,2,5-6,10-11,14-21H2,(H,37,39)(H,40,41). The van der Waals surface area contributed by atoms with Gasteiger partial charge >= 0.3 is 5.97 Å². The van der Waals surface area contributed by atoms with Gasteiger partial charge in [0.2, 0.25) is 0 Å². The summed E-state index contributed by atoms with van der Waals surface area (Å²) < 4.78 is 1.80. The van der Waals surface area contributed by atoms with E-state index in [4.69, 9.17) is 4.98 Å². The zero-order valence-electron chi connectivity index (χ0n) is 24.0. The molecule has 2 atom stereocenters. The largest absolute Gasteiger partial charge is 0.481 e. The Bertz CT molecular complexity index is 1370. The van der Waals surface area contributed by atoms with Crippen molar-refractivity contribution in [1.29, 1.82) is 0 Å². The van der Waals surface area contributed by atoms with Crippen LogP contribution in [0.25, 0.3) is 5.65 Å². The van der Waals surface area contributed by atoms with Crippen molar-refractivity contribution >= 4 is 17.5 Å². The molecule has 0 aliphatic heterocycles. The molecular formula is C35H43N3O3. The van der Waals surface area contributed by atoms with Crippen LogP contribution in [0, 0.1) is 29.1 Å². The molecule has 2 N–H and O–H groups in total. The number of imidazole rings is 1. The predicted molar refractivity (Wildman–Crippen MR) is 159 cm³/mol. The van der Waals surface area contributed by atoms with Crippen LogP contribution in [0.4, 0.5) is 0 Å². The highest BCUT2D eigenvalue weighted by Gasteiger charge is 2.52. The number of hydrogen-bond acceptors (Lipinski definition) is 3. The van der Waals surface area contributed by atoms with Gasteiger partial charge in [0.1, 0.15) is 17.3 Å². The van der Waals surface area contributed by atoms with Gasteiger partial charge in [0.05, 0.1) is 5.69 Å². The summed E-state index contributed by atoms with van der Waals surface area (Å²) in [5, 5.41) is 13.6. The Morgan fingerprint density at radius 3 is 2.27 bits per heavy atom. The maximum Gasteiger partial charge on any atom is 0.312 e. The number of hydrogen-bond donors (Lipinski definition) is 2. The summed E-state index contributed by atoms with van der Waals surface area (Å²) in [6.07, 6.45) is 17.9. The van der Waals surface area contributed by atoms with Gasteiger partial charge in [-0.1, -0.05) is 55.7 Å². The topological polar surface area (TPSA) is 83.7 Å². The Kier molecular flexibility index (Phi) is 7.12. The molecule has 5 fully saturated rings. The van der Waals surface area contributed by atoms with Gasteiger partial charge in [-0.05, 0) is 111 Å². The minimum Gasteiger partial charge on any atom is -0.481 e. The van der Waals surface area contributed by atoms with Crippen LogP contribution in [0.1, 0.15) is 105 Å². The molecule has 1 amide bonds. The van der Waals surface area contributed by atoms with Gasteiger partial charge in [-0.15, -0.1) is 0 Å². The van der Waals surface area contributed by atoms with Gasteiger partial charge in [0.15, 0.2) is 0 Å². The second-order valence-corrected chi connectivity index (χ2v) is 14.0. The Morgan fingerprint density at radius 2 is 1.61 bits per heavy atom. The first-order chi connectivity index (χ1) is 19.9. The monoisotopic (exact) mass is 553 g/mol. The highest BCUT2D eigenvalue weighted by atomic mass is 16.4. The zero-order valence-corrected chi connectivity index (χ0v) is 24.0. The molecule has 5 saturated carbocycles. The molecule has 5 aliphatic rings. The van der Waals surface area contributed by atoms with Crippen molar-refractivity contribution in [2.45, 2.75) is 95.4 Å². The Labute approximate surface area is 242 Å². The molecule has 41 heavy (non-hydrogen) atoms. The van der Waals surface area contributed by atoms with E-state index in [9.17, 15) is 14.7 Å². The summed E-state index contributed by atoms with van der Waals surface area (Å²) in [6.45, 7) is 0. The summed E-state index contributed by atoms with van der Waals surface area (Å²) in [5.74, 6) is 1.51. The summed E-state index contributed by atoms with van der Waals surface area (Å²) in [5.41, 5.74) is 3.00. The number of aliphatic carboxylic acids is 1. The van der Waals surface area contributed by atoms with E-state index < -0.39 is 11.9 Å². The first-order valence-corrected chi connectivity index (χ1v) is 16.0. The lowest BCUT2D eigenvalue weighted by Gasteiger charge is -2.58. The van der Waals surface area contributed by atoms with Gasteiger partial charge < -0.3 is 10.4 Å². The number of carboxylic acids is 1. The lowest BCUT2D eigenvalue weighted by Crippen LogP contribution is -2.51. The van der Waals surface area contributed by atoms with Gasteiger partial charge in [-0.3, -0.25) is 14.0 Å². The number of nitrogens with zero attached hydrogens (tertiary/aromatic N) is 2. The number of rotatable bonds is 9. The Hall–Kier alpha value is -3.15. The van der Waals surface area contributed by atoms with Gasteiger partial charge in [0.25, 0.3) is 5.91 Å². The summed E-state index contributed by atoms with van der Waals surface area (Å²) in [6, 6.07) is 15.4. The van der Waals surface area contributed by atoms with E-state index in [-0.39, 0.29) is 11.9 Å². The number of pyridine rings is 1. The minimum atomic E-state index is -0.906. The van der Waals surface area contributed by atoms with Crippen molar-refractivity contribution in [2.24, 2.45) is 29.1 Å². The molecule has 2 heterocycles. The number of aromatic nitrogens is 2. The Morgan fingerprint density at radius 1 is 0.927 bits per heavy atom. The Balaban J connectivity index is 1.15. The van der Waals surface area contributed by atoms with E-state index >= 15 is 0 Å². The number of nitrogens with one attached hydrogen (secondary N) is 1. The molecule has 4 bridgehead atoms. The van der Waals surface area contributed by atoms with Crippen molar-refractivity contribution in [3.8, 4) is 0 Å². The number of carboxylic acid groups (broad SMARTS) is 1. The van der Waals surface area contributed by atoms with E-state index in [0.717, 1.165) is 29.7 Å². The molecule has 5 aliphatic carbocycles. The fourth-order valence-electron chi connectivity index (χ4n) is 9.67. The maximum atomic E-state index is 14.0. The first kappa shape index (κ1) is 26.7. The molecule has 0 radical (unpaired) electrons. The summed E-state index contributed by atoms with van der Waals surface area (Å²) >= 11 is 0. The van der Waals surface area contributed by atoms with Gasteiger partial charge in [-0.2, -0.15) is 0 Å². The summed E-state index contributed by atoms with van der Waals surface area (Å²) in [4.78, 5) is 31.0. The first-order valence-electron chi connectivity index (χ1n) is 16.0. The van der Waals surface area contributed by atoms with Crippen molar-refractivity contribution in [1.82, 2.24) is 14.7 Å². The molecule has 8 rings (SSSR count). The highest BCUT2D eigenvalue weighted by Crippen LogP contribution is 2.62. The minimum absolute atomic E-state index is 0.0604. The lowest BCUT2D eigenvalue weighted by molar-refractivity contribution is -0.138. The SMILES string of the molecule is O=C(NC(CC12CC3CC(CC(C3)C1)C2)C1CCCCC1)c1cccc2nc(C(Cc3ccccc3)C(=O)O)cn12. The number of amides is 1. The fourth-order valence-corrected chi connectivity index (χ4v) is 9.67. The lowest BCUT2D eigenvalue weighted by atomic mass is 9.48. The maximum absolute atomic E-state index is 14.0. The normalized spacial score (nSPS) is 28.9. The van der Waals surface area contributed by atoms with Gasteiger partial charge in [-0.25, -0.2) is 4.98 Å². The average Bonchev–Trinajstić information content (AvgIpc) is 3.40. The van der Waals surface area contributed by atoms with Crippen molar-refractivity contribution in [3.05, 3.63) is 71.7 Å². The average molecular weight is 554 g/mol. The van der Waals surface area contributed by atoms with Crippen LogP contribution >= 0.6 is 0 Å². The van der Waals surface area contributed by atoms with E-state index in [1.54, 1.807) is 10.6 Å². The third-order valence-corrected chi connectivity index (χ3v) is 11.0. The third-order valence-electron chi connectivity index (χ3n) is 11.0.